The molecule has 0 spiro atoms. The monoisotopic (exact) mass is 407 g/mol. The van der Waals surface area contributed by atoms with Crippen LogP contribution in [0.2, 0.25) is 0 Å². The summed E-state index contributed by atoms with van der Waals surface area (Å²) in [6.45, 7) is 11.7. The quantitative estimate of drug-likeness (QED) is 0.475. The minimum Gasteiger partial charge on any atom is -0.493 e. The van der Waals surface area contributed by atoms with Gasteiger partial charge >= 0.3 is 0 Å². The van der Waals surface area contributed by atoms with E-state index in [0.717, 1.165) is 35.6 Å². The van der Waals surface area contributed by atoms with Crippen LogP contribution in [-0.4, -0.2) is 22.1 Å². The molecule has 3 rings (SSSR count). The molecule has 1 atom stereocenters. The first-order valence-corrected chi connectivity index (χ1v) is 10.9. The summed E-state index contributed by atoms with van der Waals surface area (Å²) in [5.74, 6) is 2.32. The number of nitrogens with zero attached hydrogens (tertiary/aromatic N) is 2. The lowest BCUT2D eigenvalue weighted by Gasteiger charge is -2.17. The number of rotatable bonds is 9. The zero-order valence-corrected chi connectivity index (χ0v) is 18.7. The van der Waals surface area contributed by atoms with Crippen LogP contribution in [0.1, 0.15) is 69.4 Å². The molecule has 160 valence electrons. The second kappa shape index (κ2) is 9.79. The Hall–Kier alpha value is -2.82. The molecule has 1 aromatic heterocycles. The molecule has 0 aliphatic carbocycles. The summed E-state index contributed by atoms with van der Waals surface area (Å²) < 4.78 is 8.38. The number of hydrogen-bond donors (Lipinski definition) is 1. The lowest BCUT2D eigenvalue weighted by molar-refractivity contribution is -0.121. The summed E-state index contributed by atoms with van der Waals surface area (Å²) in [6, 6.07) is 14.4. The van der Waals surface area contributed by atoms with Gasteiger partial charge in [-0.05, 0) is 55.5 Å². The van der Waals surface area contributed by atoms with E-state index in [2.05, 4.69) is 54.9 Å². The van der Waals surface area contributed by atoms with Crippen LogP contribution in [0.5, 0.6) is 5.75 Å². The van der Waals surface area contributed by atoms with Crippen molar-refractivity contribution >= 4 is 16.9 Å². The maximum Gasteiger partial charge on any atom is 0.220 e. The first-order valence-electron chi connectivity index (χ1n) is 10.9. The van der Waals surface area contributed by atoms with Crippen molar-refractivity contribution in [1.29, 1.82) is 0 Å². The summed E-state index contributed by atoms with van der Waals surface area (Å²) in [7, 11) is 0. The molecule has 0 saturated heterocycles. The molecule has 1 heterocycles. The molecule has 2 aromatic carbocycles. The summed E-state index contributed by atoms with van der Waals surface area (Å²) in [5, 5.41) is 3.04. The summed E-state index contributed by atoms with van der Waals surface area (Å²) in [5.41, 5.74) is 4.48. The van der Waals surface area contributed by atoms with E-state index in [0.29, 0.717) is 18.9 Å². The van der Waals surface area contributed by atoms with Crippen molar-refractivity contribution in [3.63, 3.8) is 0 Å². The van der Waals surface area contributed by atoms with Crippen molar-refractivity contribution in [3.8, 4) is 5.75 Å². The van der Waals surface area contributed by atoms with Gasteiger partial charge in [-0.15, -0.1) is 0 Å². The molecular weight excluding hydrogens is 374 g/mol. The van der Waals surface area contributed by atoms with E-state index in [1.165, 1.54) is 11.1 Å². The van der Waals surface area contributed by atoms with Gasteiger partial charge in [-0.25, -0.2) is 4.98 Å². The van der Waals surface area contributed by atoms with Crippen molar-refractivity contribution in [2.24, 2.45) is 0 Å². The van der Waals surface area contributed by atoms with E-state index in [1.54, 1.807) is 0 Å². The third-order valence-corrected chi connectivity index (χ3v) is 5.34. The van der Waals surface area contributed by atoms with Crippen molar-refractivity contribution in [3.05, 3.63) is 59.4 Å². The van der Waals surface area contributed by atoms with Crippen molar-refractivity contribution in [1.82, 2.24) is 14.9 Å². The fourth-order valence-electron chi connectivity index (χ4n) is 3.72. The van der Waals surface area contributed by atoms with Gasteiger partial charge in [-0.3, -0.25) is 4.79 Å². The Morgan fingerprint density at radius 1 is 1.17 bits per heavy atom. The maximum absolute atomic E-state index is 11.9. The van der Waals surface area contributed by atoms with Crippen LogP contribution in [0.3, 0.4) is 0 Å². The molecule has 0 fully saturated rings. The highest BCUT2D eigenvalue weighted by Crippen LogP contribution is 2.28. The van der Waals surface area contributed by atoms with Gasteiger partial charge in [-0.2, -0.15) is 0 Å². The van der Waals surface area contributed by atoms with E-state index >= 15 is 0 Å². The number of amides is 1. The number of aryl methyl sites for hydroxylation is 2. The summed E-state index contributed by atoms with van der Waals surface area (Å²) >= 11 is 0. The molecule has 0 bridgehead atoms. The molecule has 1 amide bonds. The van der Waals surface area contributed by atoms with E-state index in [1.807, 2.05) is 32.0 Å². The van der Waals surface area contributed by atoms with Crippen molar-refractivity contribution in [2.75, 3.05) is 6.61 Å². The Morgan fingerprint density at radius 2 is 1.93 bits per heavy atom. The molecule has 0 aliphatic rings. The minimum atomic E-state index is -0.143. The standard InChI is InChI=1S/C25H33N3O2/c1-6-24(29)26-19(5)25-27-21-10-7-8-11-22(21)28(25)14-9-15-30-23-16-18(4)12-13-20(23)17(2)3/h7-8,10-13,16-17,19H,6,9,14-15H2,1-5H3,(H,26,29). The van der Waals surface area contributed by atoms with Crippen LogP contribution in [0.15, 0.2) is 42.5 Å². The molecule has 3 aromatic rings. The van der Waals surface area contributed by atoms with Gasteiger partial charge in [0.2, 0.25) is 5.91 Å². The number of aromatic nitrogens is 2. The lowest BCUT2D eigenvalue weighted by Crippen LogP contribution is -2.28. The van der Waals surface area contributed by atoms with Gasteiger partial charge in [0, 0.05) is 13.0 Å². The first-order chi connectivity index (χ1) is 14.4. The SMILES string of the molecule is CCC(=O)NC(C)c1nc2ccccc2n1CCCOc1cc(C)ccc1C(C)C. The van der Waals surface area contributed by atoms with Gasteiger partial charge in [0.25, 0.3) is 0 Å². The lowest BCUT2D eigenvalue weighted by atomic mass is 10.0. The number of imidazole rings is 1. The maximum atomic E-state index is 11.9. The second-order valence-electron chi connectivity index (χ2n) is 8.15. The van der Waals surface area contributed by atoms with Crippen LogP contribution < -0.4 is 10.1 Å². The van der Waals surface area contributed by atoms with E-state index in [9.17, 15) is 4.79 Å². The fraction of sp³-hybridized carbons (Fsp3) is 0.440. The Bertz CT molecular complexity index is 1010. The second-order valence-corrected chi connectivity index (χ2v) is 8.15. The van der Waals surface area contributed by atoms with Gasteiger partial charge in [0.1, 0.15) is 11.6 Å². The van der Waals surface area contributed by atoms with Crippen LogP contribution >= 0.6 is 0 Å². The Labute approximate surface area is 179 Å². The third-order valence-electron chi connectivity index (χ3n) is 5.34. The third kappa shape index (κ3) is 5.02. The largest absolute Gasteiger partial charge is 0.493 e. The van der Waals surface area contributed by atoms with Gasteiger partial charge in [-0.1, -0.05) is 45.0 Å². The molecular formula is C25H33N3O2. The number of carbonyl (C=O) groups excluding carboxylic acids is 1. The fourth-order valence-corrected chi connectivity index (χ4v) is 3.72. The highest BCUT2D eigenvalue weighted by molar-refractivity contribution is 5.77. The van der Waals surface area contributed by atoms with Crippen LogP contribution in [0, 0.1) is 6.92 Å². The Balaban J connectivity index is 1.74. The molecule has 5 nitrogen and oxygen atoms in total. The Morgan fingerprint density at radius 3 is 2.67 bits per heavy atom. The van der Waals surface area contributed by atoms with Crippen molar-refractivity contribution < 1.29 is 9.53 Å². The van der Waals surface area contributed by atoms with E-state index in [4.69, 9.17) is 9.72 Å². The predicted molar refractivity (Wildman–Crippen MR) is 122 cm³/mol. The first kappa shape index (κ1) is 21.9. The van der Waals surface area contributed by atoms with Crippen LogP contribution in [0.25, 0.3) is 11.0 Å². The van der Waals surface area contributed by atoms with Gasteiger partial charge < -0.3 is 14.6 Å². The average Bonchev–Trinajstić information content (AvgIpc) is 3.09. The number of para-hydroxylation sites is 2. The molecule has 0 radical (unpaired) electrons. The molecule has 0 saturated carbocycles. The zero-order chi connectivity index (χ0) is 21.7. The average molecular weight is 408 g/mol. The van der Waals surface area contributed by atoms with Gasteiger partial charge in [0.15, 0.2) is 0 Å². The smallest absolute Gasteiger partial charge is 0.220 e. The predicted octanol–water partition coefficient (Wildman–Crippen LogP) is 5.52. The van der Waals surface area contributed by atoms with Crippen LogP contribution in [0.4, 0.5) is 0 Å². The number of carbonyl (C=O) groups is 1. The zero-order valence-electron chi connectivity index (χ0n) is 18.7. The highest BCUT2D eigenvalue weighted by Gasteiger charge is 2.18. The number of nitrogens with one attached hydrogen (secondary N) is 1. The summed E-state index contributed by atoms with van der Waals surface area (Å²) in [6.07, 6.45) is 1.32. The number of hydrogen-bond acceptors (Lipinski definition) is 3. The summed E-state index contributed by atoms with van der Waals surface area (Å²) in [4.78, 5) is 16.7. The number of benzene rings is 2. The topological polar surface area (TPSA) is 56.2 Å². The van der Waals surface area contributed by atoms with Gasteiger partial charge in [0.05, 0.1) is 23.7 Å². The molecule has 5 heteroatoms. The number of ether oxygens (including phenoxy) is 1. The van der Waals surface area contributed by atoms with Crippen LogP contribution in [-0.2, 0) is 11.3 Å². The minimum absolute atomic E-state index is 0.0325. The van der Waals surface area contributed by atoms with E-state index < -0.39 is 0 Å². The normalized spacial score (nSPS) is 12.3. The van der Waals surface area contributed by atoms with E-state index in [-0.39, 0.29) is 11.9 Å². The molecule has 1 N–H and O–H groups in total. The molecule has 1 unspecified atom stereocenters. The highest BCUT2D eigenvalue weighted by atomic mass is 16.5. The Kier molecular flexibility index (Phi) is 7.14. The van der Waals surface area contributed by atoms with Crippen molar-refractivity contribution in [2.45, 2.75) is 66.0 Å². The number of fused-ring (bicyclic) bond motifs is 1. The molecule has 0 aliphatic heterocycles. The molecule has 30 heavy (non-hydrogen) atoms.